The van der Waals surface area contributed by atoms with E-state index in [1.807, 2.05) is 18.2 Å². The molecule has 0 aromatic heterocycles. The van der Waals surface area contributed by atoms with Crippen LogP contribution in [0.5, 0.6) is 28.7 Å². The van der Waals surface area contributed by atoms with E-state index >= 15 is 0 Å². The van der Waals surface area contributed by atoms with Crippen molar-refractivity contribution in [1.29, 1.82) is 0 Å². The highest BCUT2D eigenvalue weighted by Crippen LogP contribution is 2.38. The first-order chi connectivity index (χ1) is 12.9. The van der Waals surface area contributed by atoms with Gasteiger partial charge in [0, 0.05) is 0 Å². The third-order valence-corrected chi connectivity index (χ3v) is 5.05. The number of ether oxygens (including phenoxy) is 4. The van der Waals surface area contributed by atoms with Gasteiger partial charge in [-0.25, -0.2) is 0 Å². The number of aromatic hydroxyl groups is 1. The molecule has 2 atom stereocenters. The second-order valence-electron chi connectivity index (χ2n) is 6.90. The average Bonchev–Trinajstić information content (AvgIpc) is 2.67. The molecule has 5 nitrogen and oxygen atoms in total. The Bertz CT molecular complexity index is 757. The SMILES string of the molecule is COc1ccc(CC(C)C(C)Cc2cc(O)c(OC)c(OC)c2)cc1OC. The molecule has 0 spiro atoms. The topological polar surface area (TPSA) is 57.2 Å². The van der Waals surface area contributed by atoms with Crippen molar-refractivity contribution in [2.75, 3.05) is 28.4 Å². The van der Waals surface area contributed by atoms with E-state index in [1.165, 1.54) is 12.7 Å². The molecule has 0 aliphatic heterocycles. The van der Waals surface area contributed by atoms with Crippen molar-refractivity contribution >= 4 is 0 Å². The standard InChI is InChI=1S/C22H30O5/c1-14(9-16-7-8-19(24-3)20(12-16)25-4)15(2)10-17-11-18(23)22(27-6)21(13-17)26-5/h7-8,11-15,23H,9-10H2,1-6H3. The highest BCUT2D eigenvalue weighted by atomic mass is 16.5. The van der Waals surface area contributed by atoms with Crippen LogP contribution in [-0.4, -0.2) is 33.5 Å². The number of phenols is 1. The molecule has 0 saturated carbocycles. The lowest BCUT2D eigenvalue weighted by Gasteiger charge is -2.21. The fourth-order valence-electron chi connectivity index (χ4n) is 3.27. The lowest BCUT2D eigenvalue weighted by Crippen LogP contribution is -2.14. The molecule has 0 radical (unpaired) electrons. The monoisotopic (exact) mass is 374 g/mol. The summed E-state index contributed by atoms with van der Waals surface area (Å²) in [7, 11) is 6.38. The molecule has 27 heavy (non-hydrogen) atoms. The zero-order valence-corrected chi connectivity index (χ0v) is 17.0. The maximum atomic E-state index is 10.2. The van der Waals surface area contributed by atoms with E-state index in [9.17, 15) is 5.11 Å². The maximum Gasteiger partial charge on any atom is 0.203 e. The molecule has 0 heterocycles. The van der Waals surface area contributed by atoms with Gasteiger partial charge < -0.3 is 24.1 Å². The molecule has 5 heteroatoms. The van der Waals surface area contributed by atoms with E-state index in [-0.39, 0.29) is 5.75 Å². The molecule has 2 aromatic rings. The fourth-order valence-corrected chi connectivity index (χ4v) is 3.27. The molecule has 1 N–H and O–H groups in total. The van der Waals surface area contributed by atoms with Gasteiger partial charge >= 0.3 is 0 Å². The summed E-state index contributed by atoms with van der Waals surface area (Å²) in [6, 6.07) is 9.73. The molecule has 2 unspecified atom stereocenters. The third kappa shape index (κ3) is 5.00. The predicted molar refractivity (Wildman–Crippen MR) is 106 cm³/mol. The van der Waals surface area contributed by atoms with Gasteiger partial charge in [0.1, 0.15) is 0 Å². The van der Waals surface area contributed by atoms with Gasteiger partial charge in [-0.3, -0.25) is 0 Å². The first-order valence-corrected chi connectivity index (χ1v) is 9.08. The Morgan fingerprint density at radius 3 is 1.81 bits per heavy atom. The zero-order chi connectivity index (χ0) is 20.0. The number of hydrogen-bond donors (Lipinski definition) is 1. The van der Waals surface area contributed by atoms with Crippen LogP contribution in [0, 0.1) is 11.8 Å². The first-order valence-electron chi connectivity index (χ1n) is 9.08. The van der Waals surface area contributed by atoms with E-state index in [4.69, 9.17) is 18.9 Å². The summed E-state index contributed by atoms with van der Waals surface area (Å²) in [5.41, 5.74) is 2.24. The Hall–Kier alpha value is -2.56. The van der Waals surface area contributed by atoms with Crippen molar-refractivity contribution in [3.8, 4) is 28.7 Å². The summed E-state index contributed by atoms with van der Waals surface area (Å²) in [6.45, 7) is 4.46. The van der Waals surface area contributed by atoms with Gasteiger partial charge in [0.2, 0.25) is 5.75 Å². The molecule has 0 fully saturated rings. The van der Waals surface area contributed by atoms with Gasteiger partial charge in [-0.15, -0.1) is 0 Å². The fraction of sp³-hybridized carbons (Fsp3) is 0.455. The van der Waals surface area contributed by atoms with Crippen molar-refractivity contribution in [2.24, 2.45) is 11.8 Å². The van der Waals surface area contributed by atoms with Gasteiger partial charge in [0.15, 0.2) is 23.0 Å². The highest BCUT2D eigenvalue weighted by molar-refractivity contribution is 5.53. The second kappa shape index (κ2) is 9.40. The van der Waals surface area contributed by atoms with Crippen LogP contribution in [0.15, 0.2) is 30.3 Å². The van der Waals surface area contributed by atoms with Crippen LogP contribution in [0.4, 0.5) is 0 Å². The highest BCUT2D eigenvalue weighted by Gasteiger charge is 2.18. The number of hydrogen-bond acceptors (Lipinski definition) is 5. The van der Waals surface area contributed by atoms with E-state index < -0.39 is 0 Å². The molecule has 2 aromatic carbocycles. The van der Waals surface area contributed by atoms with Gasteiger partial charge in [-0.1, -0.05) is 19.9 Å². The van der Waals surface area contributed by atoms with Crippen molar-refractivity contribution in [3.63, 3.8) is 0 Å². The van der Waals surface area contributed by atoms with Crippen LogP contribution >= 0.6 is 0 Å². The van der Waals surface area contributed by atoms with Crippen LogP contribution in [-0.2, 0) is 12.8 Å². The average molecular weight is 374 g/mol. The summed E-state index contributed by atoms with van der Waals surface area (Å²) < 4.78 is 21.2. The summed E-state index contributed by atoms with van der Waals surface area (Å²) >= 11 is 0. The molecule has 2 rings (SSSR count). The molecule has 0 amide bonds. The van der Waals surface area contributed by atoms with Crippen LogP contribution in [0.25, 0.3) is 0 Å². The van der Waals surface area contributed by atoms with Crippen molar-refractivity contribution in [3.05, 3.63) is 41.5 Å². The molecular formula is C22H30O5. The minimum Gasteiger partial charge on any atom is -0.504 e. The van der Waals surface area contributed by atoms with Gasteiger partial charge in [0.05, 0.1) is 28.4 Å². The van der Waals surface area contributed by atoms with Crippen LogP contribution in [0.1, 0.15) is 25.0 Å². The Morgan fingerprint density at radius 2 is 1.26 bits per heavy atom. The third-order valence-electron chi connectivity index (χ3n) is 5.05. The molecule has 148 valence electrons. The van der Waals surface area contributed by atoms with E-state index in [1.54, 1.807) is 27.4 Å². The van der Waals surface area contributed by atoms with Gasteiger partial charge in [0.25, 0.3) is 0 Å². The first kappa shape index (κ1) is 20.7. The van der Waals surface area contributed by atoms with Crippen molar-refractivity contribution in [1.82, 2.24) is 0 Å². The molecule has 0 bridgehead atoms. The predicted octanol–water partition coefficient (Wildman–Crippen LogP) is 4.48. The Labute approximate surface area is 161 Å². The summed E-state index contributed by atoms with van der Waals surface area (Å²) in [5, 5.41) is 10.2. The molecular weight excluding hydrogens is 344 g/mol. The summed E-state index contributed by atoms with van der Waals surface area (Å²) in [6.07, 6.45) is 1.77. The lowest BCUT2D eigenvalue weighted by atomic mass is 9.85. The second-order valence-corrected chi connectivity index (χ2v) is 6.90. The number of rotatable bonds is 9. The summed E-state index contributed by atoms with van der Waals surface area (Å²) in [4.78, 5) is 0. The lowest BCUT2D eigenvalue weighted by molar-refractivity contribution is 0.330. The van der Waals surface area contributed by atoms with Crippen molar-refractivity contribution in [2.45, 2.75) is 26.7 Å². The molecule has 0 aliphatic rings. The van der Waals surface area contributed by atoms with Gasteiger partial charge in [-0.2, -0.15) is 0 Å². The molecule has 0 aliphatic carbocycles. The molecule has 0 saturated heterocycles. The Kier molecular flexibility index (Phi) is 7.22. The summed E-state index contributed by atoms with van der Waals surface area (Å²) in [5.74, 6) is 3.36. The van der Waals surface area contributed by atoms with Crippen LogP contribution in [0.2, 0.25) is 0 Å². The minimum absolute atomic E-state index is 0.103. The number of phenolic OH excluding ortho intramolecular Hbond substituents is 1. The van der Waals surface area contributed by atoms with Crippen LogP contribution < -0.4 is 18.9 Å². The number of methoxy groups -OCH3 is 4. The van der Waals surface area contributed by atoms with E-state index in [2.05, 4.69) is 19.9 Å². The van der Waals surface area contributed by atoms with Gasteiger partial charge in [-0.05, 0) is 60.1 Å². The largest absolute Gasteiger partial charge is 0.504 e. The van der Waals surface area contributed by atoms with E-state index in [0.717, 1.165) is 29.9 Å². The Balaban J connectivity index is 2.10. The quantitative estimate of drug-likeness (QED) is 0.701. The minimum atomic E-state index is 0.103. The number of benzene rings is 2. The van der Waals surface area contributed by atoms with E-state index in [0.29, 0.717) is 23.3 Å². The normalized spacial score (nSPS) is 13.0. The van der Waals surface area contributed by atoms with Crippen LogP contribution in [0.3, 0.4) is 0 Å². The Morgan fingerprint density at radius 1 is 0.704 bits per heavy atom. The van der Waals surface area contributed by atoms with Crippen molar-refractivity contribution < 1.29 is 24.1 Å². The smallest absolute Gasteiger partial charge is 0.203 e. The zero-order valence-electron chi connectivity index (χ0n) is 17.0. The maximum absolute atomic E-state index is 10.2.